The van der Waals surface area contributed by atoms with E-state index in [1.807, 2.05) is 12.1 Å². The first-order chi connectivity index (χ1) is 8.63. The Morgan fingerprint density at radius 1 is 1.39 bits per heavy atom. The Morgan fingerprint density at radius 3 is 2.89 bits per heavy atom. The Hall–Kier alpha value is -2.23. The number of rotatable bonds is 1. The first-order valence-corrected chi connectivity index (χ1v) is 5.67. The lowest BCUT2D eigenvalue weighted by Crippen LogP contribution is -1.94. The number of methoxy groups -OCH3 is 1. The van der Waals surface area contributed by atoms with E-state index in [9.17, 15) is 9.90 Å². The number of esters is 1. The molecule has 0 saturated heterocycles. The molecule has 0 saturated carbocycles. The van der Waals surface area contributed by atoms with Gasteiger partial charge in [0.1, 0.15) is 17.6 Å². The Kier molecular flexibility index (Phi) is 2.20. The minimum Gasteiger partial charge on any atom is -0.507 e. The summed E-state index contributed by atoms with van der Waals surface area (Å²) in [7, 11) is 1.55. The van der Waals surface area contributed by atoms with Crippen molar-refractivity contribution < 1.29 is 19.4 Å². The van der Waals surface area contributed by atoms with Gasteiger partial charge in [-0.25, -0.2) is 4.79 Å². The maximum absolute atomic E-state index is 11.7. The van der Waals surface area contributed by atoms with Crippen LogP contribution in [0, 0.1) is 0 Å². The SMILES string of the molecule is COc1cccc2cc3c(c(O)c12)[C@H](C)OC3=O. The highest BCUT2D eigenvalue weighted by atomic mass is 16.5. The monoisotopic (exact) mass is 244 g/mol. The maximum Gasteiger partial charge on any atom is 0.339 e. The van der Waals surface area contributed by atoms with Crippen molar-refractivity contribution >= 4 is 16.7 Å². The van der Waals surface area contributed by atoms with E-state index in [1.54, 1.807) is 26.2 Å². The molecule has 1 atom stereocenters. The van der Waals surface area contributed by atoms with Crippen LogP contribution in [-0.2, 0) is 4.74 Å². The zero-order valence-electron chi connectivity index (χ0n) is 10.1. The Bertz CT molecular complexity index is 660. The quantitative estimate of drug-likeness (QED) is 0.784. The van der Waals surface area contributed by atoms with Crippen molar-refractivity contribution in [2.75, 3.05) is 7.11 Å². The van der Waals surface area contributed by atoms with Crippen molar-refractivity contribution in [1.29, 1.82) is 0 Å². The molecular weight excluding hydrogens is 232 g/mol. The molecule has 0 spiro atoms. The van der Waals surface area contributed by atoms with E-state index in [2.05, 4.69) is 0 Å². The molecule has 4 heteroatoms. The second-order valence-electron chi connectivity index (χ2n) is 4.29. The molecule has 4 nitrogen and oxygen atoms in total. The van der Waals surface area contributed by atoms with Gasteiger partial charge in [0, 0.05) is 5.56 Å². The minimum absolute atomic E-state index is 0.0679. The lowest BCUT2D eigenvalue weighted by atomic mass is 9.97. The first kappa shape index (κ1) is 10.9. The third kappa shape index (κ3) is 1.29. The maximum atomic E-state index is 11.7. The van der Waals surface area contributed by atoms with Gasteiger partial charge in [0.05, 0.1) is 18.1 Å². The summed E-state index contributed by atoms with van der Waals surface area (Å²) in [5, 5.41) is 11.7. The summed E-state index contributed by atoms with van der Waals surface area (Å²) >= 11 is 0. The van der Waals surface area contributed by atoms with Crippen LogP contribution in [0.1, 0.15) is 28.9 Å². The van der Waals surface area contributed by atoms with Crippen molar-refractivity contribution in [2.45, 2.75) is 13.0 Å². The van der Waals surface area contributed by atoms with Crippen LogP contribution >= 0.6 is 0 Å². The lowest BCUT2D eigenvalue weighted by Gasteiger charge is -2.11. The Morgan fingerprint density at radius 2 is 2.17 bits per heavy atom. The van der Waals surface area contributed by atoms with Crippen molar-refractivity contribution in [1.82, 2.24) is 0 Å². The summed E-state index contributed by atoms with van der Waals surface area (Å²) in [5.74, 6) is 0.259. The molecule has 1 aliphatic rings. The molecule has 0 amide bonds. The fourth-order valence-electron chi connectivity index (χ4n) is 2.45. The molecule has 1 heterocycles. The zero-order chi connectivity index (χ0) is 12.9. The number of benzene rings is 2. The average Bonchev–Trinajstić information content (AvgIpc) is 2.64. The summed E-state index contributed by atoms with van der Waals surface area (Å²) in [4.78, 5) is 11.7. The molecule has 92 valence electrons. The highest BCUT2D eigenvalue weighted by molar-refractivity contribution is 6.04. The molecule has 1 N–H and O–H groups in total. The molecule has 3 rings (SSSR count). The molecule has 18 heavy (non-hydrogen) atoms. The lowest BCUT2D eigenvalue weighted by molar-refractivity contribution is 0.0420. The van der Waals surface area contributed by atoms with E-state index in [0.29, 0.717) is 22.3 Å². The van der Waals surface area contributed by atoms with Crippen LogP contribution in [0.25, 0.3) is 10.8 Å². The largest absolute Gasteiger partial charge is 0.507 e. The highest BCUT2D eigenvalue weighted by Gasteiger charge is 2.32. The molecule has 0 aliphatic carbocycles. The molecule has 0 radical (unpaired) electrons. The van der Waals surface area contributed by atoms with Gasteiger partial charge in [-0.3, -0.25) is 0 Å². The number of ether oxygens (including phenoxy) is 2. The van der Waals surface area contributed by atoms with Gasteiger partial charge in [-0.1, -0.05) is 12.1 Å². The average molecular weight is 244 g/mol. The predicted molar refractivity (Wildman–Crippen MR) is 66.0 cm³/mol. The normalized spacial score (nSPS) is 17.7. The summed E-state index contributed by atoms with van der Waals surface area (Å²) < 4.78 is 10.4. The second-order valence-corrected chi connectivity index (χ2v) is 4.29. The van der Waals surface area contributed by atoms with Gasteiger partial charge in [-0.2, -0.15) is 0 Å². The number of phenolic OH excluding ortho intramolecular Hbond substituents is 1. The summed E-state index contributed by atoms with van der Waals surface area (Å²) in [5.41, 5.74) is 0.970. The molecule has 0 fully saturated rings. The molecular formula is C14H12O4. The Balaban J connectivity index is 2.44. The van der Waals surface area contributed by atoms with Gasteiger partial charge in [0.25, 0.3) is 0 Å². The van der Waals surface area contributed by atoms with Crippen molar-refractivity contribution in [3.8, 4) is 11.5 Å². The number of hydrogen-bond donors (Lipinski definition) is 1. The summed E-state index contributed by atoms with van der Waals surface area (Å²) in [6.07, 6.45) is -0.429. The van der Waals surface area contributed by atoms with Crippen LogP contribution < -0.4 is 4.74 Å². The van der Waals surface area contributed by atoms with Crippen LogP contribution in [0.2, 0.25) is 0 Å². The predicted octanol–water partition coefficient (Wildman–Crippen LogP) is 2.79. The summed E-state index contributed by atoms with van der Waals surface area (Å²) in [6.45, 7) is 1.74. The zero-order valence-corrected chi connectivity index (χ0v) is 10.1. The van der Waals surface area contributed by atoms with Crippen molar-refractivity contribution in [3.63, 3.8) is 0 Å². The van der Waals surface area contributed by atoms with E-state index < -0.39 is 12.1 Å². The number of phenols is 1. The number of hydrogen-bond acceptors (Lipinski definition) is 4. The fraction of sp³-hybridized carbons (Fsp3) is 0.214. The van der Waals surface area contributed by atoms with Crippen LogP contribution in [0.3, 0.4) is 0 Å². The third-order valence-corrected chi connectivity index (χ3v) is 3.27. The van der Waals surface area contributed by atoms with Gasteiger partial charge >= 0.3 is 5.97 Å². The smallest absolute Gasteiger partial charge is 0.339 e. The summed E-state index contributed by atoms with van der Waals surface area (Å²) in [6, 6.07) is 7.15. The molecule has 0 aromatic heterocycles. The minimum atomic E-state index is -0.429. The van der Waals surface area contributed by atoms with Crippen LogP contribution in [0.15, 0.2) is 24.3 Å². The number of aromatic hydroxyl groups is 1. The van der Waals surface area contributed by atoms with Gasteiger partial charge in [-0.15, -0.1) is 0 Å². The third-order valence-electron chi connectivity index (χ3n) is 3.27. The van der Waals surface area contributed by atoms with Gasteiger partial charge < -0.3 is 14.6 Å². The van der Waals surface area contributed by atoms with E-state index in [-0.39, 0.29) is 5.75 Å². The van der Waals surface area contributed by atoms with Gasteiger partial charge in [0.15, 0.2) is 0 Å². The van der Waals surface area contributed by atoms with Crippen molar-refractivity contribution in [3.05, 3.63) is 35.4 Å². The second kappa shape index (κ2) is 3.63. The standard InChI is InChI=1S/C14H12O4/c1-7-11-9(14(16)18-7)6-8-4-3-5-10(17-2)12(8)13(11)15/h3-7,15H,1-2H3/t7-/m0/s1. The topological polar surface area (TPSA) is 55.8 Å². The van der Waals surface area contributed by atoms with Crippen LogP contribution in [0.5, 0.6) is 11.5 Å². The van der Waals surface area contributed by atoms with E-state index in [0.717, 1.165) is 5.39 Å². The molecule has 0 unspecified atom stereocenters. The molecule has 0 bridgehead atoms. The molecule has 2 aromatic rings. The number of fused-ring (bicyclic) bond motifs is 2. The molecule has 2 aromatic carbocycles. The van der Waals surface area contributed by atoms with Crippen molar-refractivity contribution in [2.24, 2.45) is 0 Å². The van der Waals surface area contributed by atoms with Crippen LogP contribution in [-0.4, -0.2) is 18.2 Å². The molecule has 1 aliphatic heterocycles. The van der Waals surface area contributed by atoms with E-state index in [1.165, 1.54) is 0 Å². The fourth-order valence-corrected chi connectivity index (χ4v) is 2.45. The first-order valence-electron chi connectivity index (χ1n) is 5.67. The van der Waals surface area contributed by atoms with E-state index >= 15 is 0 Å². The Labute approximate surface area is 104 Å². The van der Waals surface area contributed by atoms with E-state index in [4.69, 9.17) is 9.47 Å². The number of cyclic esters (lactones) is 1. The number of carbonyl (C=O) groups is 1. The van der Waals surface area contributed by atoms with Gasteiger partial charge in [0.2, 0.25) is 0 Å². The van der Waals surface area contributed by atoms with Gasteiger partial charge in [-0.05, 0) is 24.4 Å². The van der Waals surface area contributed by atoms with Crippen LogP contribution in [0.4, 0.5) is 0 Å². The number of carbonyl (C=O) groups excluding carboxylic acids is 1. The highest BCUT2D eigenvalue weighted by Crippen LogP contribution is 2.44.